The Labute approximate surface area is 133 Å². The predicted molar refractivity (Wildman–Crippen MR) is 81.3 cm³/mol. The average molecular weight is 372 g/mol. The molecule has 1 N–H and O–H groups in total. The maximum Gasteiger partial charge on any atom is 0.392 e. The van der Waals surface area contributed by atoms with Crippen molar-refractivity contribution in [1.82, 2.24) is 5.32 Å². The fourth-order valence-electron chi connectivity index (χ4n) is 3.12. The molecular weight excluding hydrogens is 347 g/mol. The molecule has 0 bridgehead atoms. The van der Waals surface area contributed by atoms with E-state index in [9.17, 15) is 18.0 Å². The van der Waals surface area contributed by atoms with Crippen LogP contribution in [0.1, 0.15) is 51.9 Å². The van der Waals surface area contributed by atoms with Gasteiger partial charge in [0.05, 0.1) is 5.92 Å². The van der Waals surface area contributed by atoms with Crippen LogP contribution in [-0.2, 0) is 4.79 Å². The second-order valence-electron chi connectivity index (χ2n) is 5.92. The highest BCUT2D eigenvalue weighted by atomic mass is 79.9. The van der Waals surface area contributed by atoms with Gasteiger partial charge in [0.15, 0.2) is 0 Å². The van der Waals surface area contributed by atoms with Gasteiger partial charge < -0.3 is 5.32 Å². The molecule has 0 spiro atoms. The smallest absolute Gasteiger partial charge is 0.356 e. The average Bonchev–Trinajstić information content (AvgIpc) is 2.44. The molecule has 0 heterocycles. The zero-order valence-corrected chi connectivity index (χ0v) is 14.1. The molecule has 1 fully saturated rings. The maximum atomic E-state index is 13.0. The summed E-state index contributed by atoms with van der Waals surface area (Å²) in [4.78, 5) is 12.1. The summed E-state index contributed by atoms with van der Waals surface area (Å²) in [6.07, 6.45) is 0.388. The first-order valence-electron chi connectivity index (χ1n) is 7.80. The zero-order chi connectivity index (χ0) is 15.9. The van der Waals surface area contributed by atoms with E-state index in [0.29, 0.717) is 31.7 Å². The Morgan fingerprint density at radius 1 is 1.29 bits per heavy atom. The van der Waals surface area contributed by atoms with Crippen LogP contribution >= 0.6 is 15.9 Å². The SMILES string of the molecule is CCCC(CCBr)CNC(=O)C1CCCCC1C(F)(F)F. The van der Waals surface area contributed by atoms with Crippen LogP contribution in [0, 0.1) is 17.8 Å². The molecule has 1 aliphatic carbocycles. The predicted octanol–water partition coefficient (Wildman–Crippen LogP) is 4.67. The molecule has 0 radical (unpaired) electrons. The van der Waals surface area contributed by atoms with Crippen LogP contribution in [0.15, 0.2) is 0 Å². The number of alkyl halides is 4. The van der Waals surface area contributed by atoms with Gasteiger partial charge in [0, 0.05) is 17.8 Å². The van der Waals surface area contributed by atoms with Crippen molar-refractivity contribution in [2.24, 2.45) is 17.8 Å². The summed E-state index contributed by atoms with van der Waals surface area (Å²) in [5.41, 5.74) is 0. The molecule has 0 saturated heterocycles. The van der Waals surface area contributed by atoms with Crippen molar-refractivity contribution in [2.75, 3.05) is 11.9 Å². The topological polar surface area (TPSA) is 29.1 Å². The highest BCUT2D eigenvalue weighted by molar-refractivity contribution is 9.09. The first-order valence-corrected chi connectivity index (χ1v) is 8.92. The summed E-state index contributed by atoms with van der Waals surface area (Å²) in [6, 6.07) is 0. The number of halogens is 4. The first-order chi connectivity index (χ1) is 9.90. The number of carbonyl (C=O) groups is 1. The number of nitrogens with one attached hydrogen (secondary N) is 1. The molecule has 0 aromatic rings. The summed E-state index contributed by atoms with van der Waals surface area (Å²) in [5.74, 6) is -2.43. The lowest BCUT2D eigenvalue weighted by Gasteiger charge is -2.32. The normalized spacial score (nSPS) is 24.6. The Morgan fingerprint density at radius 2 is 1.95 bits per heavy atom. The Morgan fingerprint density at radius 3 is 2.52 bits per heavy atom. The minimum atomic E-state index is -4.26. The van der Waals surface area contributed by atoms with Gasteiger partial charge in [-0.15, -0.1) is 0 Å². The number of amides is 1. The number of hydrogen-bond donors (Lipinski definition) is 1. The van der Waals surface area contributed by atoms with Crippen molar-refractivity contribution in [1.29, 1.82) is 0 Å². The van der Waals surface area contributed by atoms with Gasteiger partial charge in [0.25, 0.3) is 0 Å². The molecule has 2 nitrogen and oxygen atoms in total. The third-order valence-corrected chi connectivity index (χ3v) is 4.76. The molecule has 21 heavy (non-hydrogen) atoms. The third kappa shape index (κ3) is 6.17. The van der Waals surface area contributed by atoms with Crippen molar-refractivity contribution in [3.63, 3.8) is 0 Å². The van der Waals surface area contributed by atoms with Gasteiger partial charge in [-0.05, 0) is 31.6 Å². The first kappa shape index (κ1) is 18.8. The standard InChI is InChI=1S/C15H25BrF3NO/c1-2-5-11(8-9-16)10-20-14(21)12-6-3-4-7-13(12)15(17,18)19/h11-13H,2-10H2,1H3,(H,20,21). The molecule has 3 atom stereocenters. The van der Waals surface area contributed by atoms with Crippen molar-refractivity contribution < 1.29 is 18.0 Å². The maximum absolute atomic E-state index is 13.0. The summed E-state index contributed by atoms with van der Waals surface area (Å²) in [7, 11) is 0. The van der Waals surface area contributed by atoms with E-state index in [4.69, 9.17) is 0 Å². The lowest BCUT2D eigenvalue weighted by atomic mass is 9.78. The lowest BCUT2D eigenvalue weighted by molar-refractivity contribution is -0.198. The van der Waals surface area contributed by atoms with E-state index in [-0.39, 0.29) is 6.42 Å². The van der Waals surface area contributed by atoms with Gasteiger partial charge in [-0.2, -0.15) is 13.2 Å². The van der Waals surface area contributed by atoms with Gasteiger partial charge in [-0.1, -0.05) is 42.1 Å². The highest BCUT2D eigenvalue weighted by Gasteiger charge is 2.47. The molecule has 124 valence electrons. The Kier molecular flexibility index (Phi) is 8.06. The molecule has 1 rings (SSSR count). The molecule has 6 heteroatoms. The van der Waals surface area contributed by atoms with Crippen LogP contribution in [0.4, 0.5) is 13.2 Å². The molecular formula is C15H25BrF3NO. The molecule has 3 unspecified atom stereocenters. The van der Waals surface area contributed by atoms with Crippen molar-refractivity contribution in [3.8, 4) is 0 Å². The van der Waals surface area contributed by atoms with Crippen LogP contribution < -0.4 is 5.32 Å². The fraction of sp³-hybridized carbons (Fsp3) is 0.933. The van der Waals surface area contributed by atoms with Gasteiger partial charge in [0.1, 0.15) is 0 Å². The van der Waals surface area contributed by atoms with E-state index in [1.165, 1.54) is 0 Å². The molecule has 1 saturated carbocycles. The largest absolute Gasteiger partial charge is 0.392 e. The summed E-state index contributed by atoms with van der Waals surface area (Å²) in [6.45, 7) is 2.56. The minimum absolute atomic E-state index is 0.0847. The summed E-state index contributed by atoms with van der Waals surface area (Å²) in [5, 5.41) is 3.61. The molecule has 0 aromatic carbocycles. The number of hydrogen-bond acceptors (Lipinski definition) is 1. The van der Waals surface area contributed by atoms with Crippen molar-refractivity contribution >= 4 is 21.8 Å². The second-order valence-corrected chi connectivity index (χ2v) is 6.71. The van der Waals surface area contributed by atoms with E-state index < -0.39 is 23.9 Å². The van der Waals surface area contributed by atoms with Crippen molar-refractivity contribution in [2.45, 2.75) is 58.0 Å². The monoisotopic (exact) mass is 371 g/mol. The van der Waals surface area contributed by atoms with Crippen molar-refractivity contribution in [3.05, 3.63) is 0 Å². The van der Waals surface area contributed by atoms with E-state index in [0.717, 1.165) is 24.6 Å². The Bertz CT molecular complexity index is 317. The van der Waals surface area contributed by atoms with E-state index >= 15 is 0 Å². The fourth-order valence-corrected chi connectivity index (χ4v) is 3.77. The van der Waals surface area contributed by atoms with E-state index in [1.54, 1.807) is 0 Å². The van der Waals surface area contributed by atoms with E-state index in [1.807, 2.05) is 0 Å². The number of rotatable bonds is 7. The van der Waals surface area contributed by atoms with Crippen LogP contribution in [-0.4, -0.2) is 24.0 Å². The van der Waals surface area contributed by atoms with Gasteiger partial charge in [-0.25, -0.2) is 0 Å². The summed E-state index contributed by atoms with van der Waals surface area (Å²) >= 11 is 3.38. The third-order valence-electron chi connectivity index (χ3n) is 4.30. The molecule has 0 aromatic heterocycles. The quantitative estimate of drug-likeness (QED) is 0.647. The highest BCUT2D eigenvalue weighted by Crippen LogP contribution is 2.41. The molecule has 1 aliphatic rings. The van der Waals surface area contributed by atoms with Crippen LogP contribution in [0.3, 0.4) is 0 Å². The van der Waals surface area contributed by atoms with Gasteiger partial charge >= 0.3 is 6.18 Å². The van der Waals surface area contributed by atoms with Crippen LogP contribution in [0.2, 0.25) is 0 Å². The number of carbonyl (C=O) groups excluding carboxylic acids is 1. The van der Waals surface area contributed by atoms with Gasteiger partial charge in [0.2, 0.25) is 5.91 Å². The van der Waals surface area contributed by atoms with Crippen LogP contribution in [0.25, 0.3) is 0 Å². The Hall–Kier alpha value is -0.260. The van der Waals surface area contributed by atoms with Crippen LogP contribution in [0.5, 0.6) is 0 Å². The molecule has 1 amide bonds. The zero-order valence-electron chi connectivity index (χ0n) is 12.5. The van der Waals surface area contributed by atoms with E-state index in [2.05, 4.69) is 28.2 Å². The van der Waals surface area contributed by atoms with Gasteiger partial charge in [-0.3, -0.25) is 4.79 Å². The summed E-state index contributed by atoms with van der Waals surface area (Å²) < 4.78 is 39.0. The second kappa shape index (κ2) is 9.01. The lowest BCUT2D eigenvalue weighted by Crippen LogP contribution is -2.43. The Balaban J connectivity index is 2.55. The molecule has 0 aliphatic heterocycles. The minimum Gasteiger partial charge on any atom is -0.356 e.